The third kappa shape index (κ3) is 2.35. The summed E-state index contributed by atoms with van der Waals surface area (Å²) in [4.78, 5) is 0. The molecular weight excluding hydrogens is 282 g/mol. The Bertz CT molecular complexity index is 790. The van der Waals surface area contributed by atoms with E-state index in [1.54, 1.807) is 0 Å². The molecule has 0 radical (unpaired) electrons. The summed E-state index contributed by atoms with van der Waals surface area (Å²) in [5, 5.41) is 1.66. The first-order chi connectivity index (χ1) is 10.2. The van der Waals surface area contributed by atoms with Gasteiger partial charge in [-0.1, -0.05) is 41.9 Å². The average molecular weight is 298 g/mol. The summed E-state index contributed by atoms with van der Waals surface area (Å²) in [6, 6.07) is 16.3. The lowest BCUT2D eigenvalue weighted by Crippen LogP contribution is -2.10. The number of furan rings is 1. The van der Waals surface area contributed by atoms with E-state index < -0.39 is 0 Å². The zero-order valence-corrected chi connectivity index (χ0v) is 12.3. The first-order valence-electron chi connectivity index (χ1n) is 7.26. The zero-order valence-electron chi connectivity index (χ0n) is 11.6. The molecule has 2 aromatic carbocycles. The van der Waals surface area contributed by atoms with E-state index in [9.17, 15) is 0 Å². The Morgan fingerprint density at radius 3 is 2.52 bits per heavy atom. The minimum atomic E-state index is -0.00589. The van der Waals surface area contributed by atoms with Gasteiger partial charge in [0.25, 0.3) is 0 Å². The molecule has 106 valence electrons. The van der Waals surface area contributed by atoms with Crippen LogP contribution in [0.3, 0.4) is 0 Å². The molecule has 0 saturated heterocycles. The van der Waals surface area contributed by atoms with Gasteiger partial charge >= 0.3 is 0 Å². The molecule has 21 heavy (non-hydrogen) atoms. The van der Waals surface area contributed by atoms with Crippen LogP contribution in [0.25, 0.3) is 22.1 Å². The summed E-state index contributed by atoms with van der Waals surface area (Å²) in [7, 11) is 0. The van der Waals surface area contributed by atoms with Gasteiger partial charge in [0.15, 0.2) is 5.58 Å². The molecule has 2 N–H and O–H groups in total. The third-order valence-corrected chi connectivity index (χ3v) is 4.44. The Morgan fingerprint density at radius 1 is 1.05 bits per heavy atom. The SMILES string of the molecule is NC(c1cc2cc(-c3ccccc3)cc(Cl)c2o1)C1CC1. The van der Waals surface area contributed by atoms with Gasteiger partial charge in [-0.2, -0.15) is 0 Å². The van der Waals surface area contributed by atoms with Crippen LogP contribution < -0.4 is 5.73 Å². The van der Waals surface area contributed by atoms with Crippen LogP contribution >= 0.6 is 11.6 Å². The van der Waals surface area contributed by atoms with Crippen molar-refractivity contribution < 1.29 is 4.42 Å². The Labute approximate surface area is 128 Å². The van der Waals surface area contributed by atoms with Crippen LogP contribution in [-0.2, 0) is 0 Å². The molecule has 1 saturated carbocycles. The molecule has 1 unspecified atom stereocenters. The topological polar surface area (TPSA) is 39.2 Å². The Kier molecular flexibility index (Phi) is 3.02. The Morgan fingerprint density at radius 2 is 1.81 bits per heavy atom. The van der Waals surface area contributed by atoms with Gasteiger partial charge in [0.1, 0.15) is 5.76 Å². The van der Waals surface area contributed by atoms with Crippen LogP contribution in [0.4, 0.5) is 0 Å². The molecule has 1 heterocycles. The lowest BCUT2D eigenvalue weighted by molar-refractivity contribution is 0.467. The second kappa shape index (κ2) is 4.90. The van der Waals surface area contributed by atoms with Crippen molar-refractivity contribution in [3.63, 3.8) is 0 Å². The fourth-order valence-electron chi connectivity index (χ4n) is 2.78. The molecule has 3 heteroatoms. The van der Waals surface area contributed by atoms with Crippen molar-refractivity contribution in [3.8, 4) is 11.1 Å². The number of rotatable bonds is 3. The van der Waals surface area contributed by atoms with E-state index in [0.717, 1.165) is 27.9 Å². The normalized spacial score (nSPS) is 16.3. The van der Waals surface area contributed by atoms with Crippen molar-refractivity contribution in [2.24, 2.45) is 11.7 Å². The molecule has 0 bridgehead atoms. The predicted molar refractivity (Wildman–Crippen MR) is 86.3 cm³/mol. The fourth-order valence-corrected chi connectivity index (χ4v) is 3.04. The van der Waals surface area contributed by atoms with E-state index in [2.05, 4.69) is 18.2 Å². The summed E-state index contributed by atoms with van der Waals surface area (Å²) < 4.78 is 5.90. The highest BCUT2D eigenvalue weighted by atomic mass is 35.5. The summed E-state index contributed by atoms with van der Waals surface area (Å²) in [5.74, 6) is 1.41. The smallest absolute Gasteiger partial charge is 0.152 e. The van der Waals surface area contributed by atoms with Gasteiger partial charge in [-0.15, -0.1) is 0 Å². The zero-order chi connectivity index (χ0) is 14.4. The van der Waals surface area contributed by atoms with Crippen molar-refractivity contribution in [3.05, 3.63) is 59.3 Å². The van der Waals surface area contributed by atoms with Gasteiger partial charge in [-0.3, -0.25) is 0 Å². The largest absolute Gasteiger partial charge is 0.458 e. The molecule has 4 rings (SSSR count). The first kappa shape index (κ1) is 12.9. The van der Waals surface area contributed by atoms with Crippen LogP contribution in [0.15, 0.2) is 52.9 Å². The van der Waals surface area contributed by atoms with Gasteiger partial charge in [0, 0.05) is 5.39 Å². The molecule has 1 atom stereocenters. The molecule has 1 aliphatic carbocycles. The quantitative estimate of drug-likeness (QED) is 0.725. The number of hydrogen-bond acceptors (Lipinski definition) is 2. The molecule has 2 nitrogen and oxygen atoms in total. The van der Waals surface area contributed by atoms with Crippen LogP contribution in [0.5, 0.6) is 0 Å². The summed E-state index contributed by atoms with van der Waals surface area (Å²) >= 11 is 6.39. The van der Waals surface area contributed by atoms with E-state index >= 15 is 0 Å². The minimum absolute atomic E-state index is 0.00589. The Balaban J connectivity index is 1.82. The summed E-state index contributed by atoms with van der Waals surface area (Å²) in [6.07, 6.45) is 2.39. The predicted octanol–water partition coefficient (Wildman–Crippen LogP) is 5.16. The molecule has 0 aliphatic heterocycles. The molecule has 1 aliphatic rings. The van der Waals surface area contributed by atoms with Crippen LogP contribution in [0.2, 0.25) is 5.02 Å². The van der Waals surface area contributed by atoms with Crippen molar-refractivity contribution in [2.45, 2.75) is 18.9 Å². The highest BCUT2D eigenvalue weighted by molar-refractivity contribution is 6.35. The van der Waals surface area contributed by atoms with Crippen LogP contribution in [0, 0.1) is 5.92 Å². The summed E-state index contributed by atoms with van der Waals surface area (Å²) in [6.45, 7) is 0. The van der Waals surface area contributed by atoms with Crippen LogP contribution in [-0.4, -0.2) is 0 Å². The minimum Gasteiger partial charge on any atom is -0.458 e. The maximum atomic E-state index is 6.39. The Hall–Kier alpha value is -1.77. The molecule has 1 aromatic heterocycles. The van der Waals surface area contributed by atoms with Gasteiger partial charge in [-0.25, -0.2) is 0 Å². The standard InChI is InChI=1S/C18H16ClNO/c19-15-9-13(11-4-2-1-3-5-11)8-14-10-16(21-18(14)15)17(20)12-6-7-12/h1-5,8-10,12,17H,6-7,20H2. The number of fused-ring (bicyclic) bond motifs is 1. The van der Waals surface area contributed by atoms with Crippen molar-refractivity contribution in [1.82, 2.24) is 0 Å². The second-order valence-electron chi connectivity index (χ2n) is 5.75. The highest BCUT2D eigenvalue weighted by Crippen LogP contribution is 2.42. The highest BCUT2D eigenvalue weighted by Gasteiger charge is 2.31. The lowest BCUT2D eigenvalue weighted by atomic mass is 10.0. The number of benzene rings is 2. The average Bonchev–Trinajstić information content (AvgIpc) is 3.26. The molecule has 0 spiro atoms. The third-order valence-electron chi connectivity index (χ3n) is 4.16. The molecule has 3 aromatic rings. The van der Waals surface area contributed by atoms with Gasteiger partial charge < -0.3 is 10.2 Å². The van der Waals surface area contributed by atoms with E-state index in [-0.39, 0.29) is 6.04 Å². The lowest BCUT2D eigenvalue weighted by Gasteiger charge is -2.04. The van der Waals surface area contributed by atoms with E-state index in [1.807, 2.05) is 30.3 Å². The van der Waals surface area contributed by atoms with E-state index in [4.69, 9.17) is 21.8 Å². The first-order valence-corrected chi connectivity index (χ1v) is 7.64. The monoisotopic (exact) mass is 297 g/mol. The fraction of sp³-hybridized carbons (Fsp3) is 0.222. The number of halogens is 1. The number of hydrogen-bond donors (Lipinski definition) is 1. The summed E-state index contributed by atoms with van der Waals surface area (Å²) in [5.41, 5.74) is 9.21. The van der Waals surface area contributed by atoms with Crippen molar-refractivity contribution >= 4 is 22.6 Å². The molecule has 0 amide bonds. The van der Waals surface area contributed by atoms with Gasteiger partial charge in [-0.05, 0) is 48.1 Å². The number of nitrogens with two attached hydrogens (primary N) is 1. The second-order valence-corrected chi connectivity index (χ2v) is 6.16. The van der Waals surface area contributed by atoms with Gasteiger partial charge in [0.2, 0.25) is 0 Å². The van der Waals surface area contributed by atoms with E-state index in [0.29, 0.717) is 10.9 Å². The van der Waals surface area contributed by atoms with Crippen LogP contribution in [0.1, 0.15) is 24.6 Å². The molecular formula is C18H16ClNO. The van der Waals surface area contributed by atoms with Crippen molar-refractivity contribution in [2.75, 3.05) is 0 Å². The van der Waals surface area contributed by atoms with Crippen molar-refractivity contribution in [1.29, 1.82) is 0 Å². The molecule has 1 fully saturated rings. The van der Waals surface area contributed by atoms with E-state index in [1.165, 1.54) is 12.8 Å². The maximum absolute atomic E-state index is 6.39. The van der Waals surface area contributed by atoms with Gasteiger partial charge in [0.05, 0.1) is 11.1 Å². The maximum Gasteiger partial charge on any atom is 0.152 e.